The molecule has 0 aliphatic rings. The number of hydrogen-bond acceptors (Lipinski definition) is 4. The number of ether oxygens (including phenoxy) is 1. The van der Waals surface area contributed by atoms with Crippen molar-refractivity contribution in [1.82, 2.24) is 5.32 Å². The molecule has 146 valence electrons. The van der Waals surface area contributed by atoms with Crippen LogP contribution in [-0.4, -0.2) is 34.5 Å². The molecule has 0 aliphatic carbocycles. The van der Waals surface area contributed by atoms with Crippen molar-refractivity contribution in [2.45, 2.75) is 31.6 Å². The standard InChI is InChI=1S/C20H26N2O4S/c1-4-5-14-21-20(23)15-22(17-8-6-16(2)7-9-17)27(24,25)19-12-10-18(26-3)11-13-19/h6-13H,4-5,14-15H2,1-3H3,(H,21,23). The number of nitrogens with one attached hydrogen (secondary N) is 1. The summed E-state index contributed by atoms with van der Waals surface area (Å²) in [5.74, 6) is 0.231. The molecule has 0 fully saturated rings. The Morgan fingerprint density at radius 3 is 2.26 bits per heavy atom. The lowest BCUT2D eigenvalue weighted by Gasteiger charge is -2.24. The summed E-state index contributed by atoms with van der Waals surface area (Å²) in [4.78, 5) is 12.4. The van der Waals surface area contributed by atoms with Gasteiger partial charge in [-0.25, -0.2) is 8.42 Å². The number of rotatable bonds is 9. The van der Waals surface area contributed by atoms with Gasteiger partial charge in [-0.15, -0.1) is 0 Å². The molecular weight excluding hydrogens is 364 g/mol. The number of amides is 1. The highest BCUT2D eigenvalue weighted by molar-refractivity contribution is 7.92. The first-order valence-corrected chi connectivity index (χ1v) is 10.3. The first-order valence-electron chi connectivity index (χ1n) is 8.88. The molecule has 0 aromatic heterocycles. The van der Waals surface area contributed by atoms with Gasteiger partial charge in [0.1, 0.15) is 12.3 Å². The third-order valence-corrected chi connectivity index (χ3v) is 5.90. The number of benzene rings is 2. The fraction of sp³-hybridized carbons (Fsp3) is 0.350. The van der Waals surface area contributed by atoms with Crippen molar-refractivity contribution in [3.05, 3.63) is 54.1 Å². The number of aryl methyl sites for hydroxylation is 1. The lowest BCUT2D eigenvalue weighted by atomic mass is 10.2. The largest absolute Gasteiger partial charge is 0.497 e. The predicted molar refractivity (Wildman–Crippen MR) is 107 cm³/mol. The van der Waals surface area contributed by atoms with Gasteiger partial charge in [0.05, 0.1) is 17.7 Å². The SMILES string of the molecule is CCCCNC(=O)CN(c1ccc(C)cc1)S(=O)(=O)c1ccc(OC)cc1. The summed E-state index contributed by atoms with van der Waals surface area (Å²) in [5.41, 5.74) is 1.45. The molecule has 0 bridgehead atoms. The van der Waals surface area contributed by atoms with E-state index in [0.717, 1.165) is 22.7 Å². The van der Waals surface area contributed by atoms with Crippen LogP contribution in [0.15, 0.2) is 53.4 Å². The van der Waals surface area contributed by atoms with Gasteiger partial charge in [0.15, 0.2) is 0 Å². The summed E-state index contributed by atoms with van der Waals surface area (Å²) in [6.45, 7) is 4.20. The Hall–Kier alpha value is -2.54. The van der Waals surface area contributed by atoms with Crippen molar-refractivity contribution >= 4 is 21.6 Å². The van der Waals surface area contributed by atoms with Crippen molar-refractivity contribution < 1.29 is 17.9 Å². The van der Waals surface area contributed by atoms with Crippen molar-refractivity contribution in [2.24, 2.45) is 0 Å². The molecule has 2 rings (SSSR count). The molecule has 0 saturated heterocycles. The molecule has 7 heteroatoms. The second-order valence-electron chi connectivity index (χ2n) is 6.23. The maximum atomic E-state index is 13.2. The van der Waals surface area contributed by atoms with E-state index in [4.69, 9.17) is 4.74 Å². The summed E-state index contributed by atoms with van der Waals surface area (Å²) in [5, 5.41) is 2.77. The number of hydrogen-bond donors (Lipinski definition) is 1. The average Bonchev–Trinajstić information content (AvgIpc) is 2.67. The minimum Gasteiger partial charge on any atom is -0.497 e. The van der Waals surface area contributed by atoms with Crippen LogP contribution in [0.3, 0.4) is 0 Å². The summed E-state index contributed by atoms with van der Waals surface area (Å²) in [6.07, 6.45) is 1.80. The van der Waals surface area contributed by atoms with E-state index in [1.165, 1.54) is 19.2 Å². The lowest BCUT2D eigenvalue weighted by molar-refractivity contribution is -0.119. The summed E-state index contributed by atoms with van der Waals surface area (Å²) in [7, 11) is -2.38. The lowest BCUT2D eigenvalue weighted by Crippen LogP contribution is -2.41. The third kappa shape index (κ3) is 5.47. The molecule has 0 spiro atoms. The highest BCUT2D eigenvalue weighted by Crippen LogP contribution is 2.25. The molecule has 2 aromatic rings. The second kappa shape index (κ2) is 9.41. The van der Waals surface area contributed by atoms with Crippen LogP contribution in [0.5, 0.6) is 5.75 Å². The molecule has 2 aromatic carbocycles. The van der Waals surface area contributed by atoms with E-state index in [2.05, 4.69) is 5.32 Å². The molecular formula is C20H26N2O4S. The first-order chi connectivity index (χ1) is 12.9. The molecule has 1 amide bonds. The van der Waals surface area contributed by atoms with Crippen LogP contribution in [-0.2, 0) is 14.8 Å². The molecule has 0 heterocycles. The van der Waals surface area contributed by atoms with Gasteiger partial charge in [0.25, 0.3) is 10.0 Å². The second-order valence-corrected chi connectivity index (χ2v) is 8.09. The van der Waals surface area contributed by atoms with Gasteiger partial charge in [-0.1, -0.05) is 31.0 Å². The van der Waals surface area contributed by atoms with Gasteiger partial charge in [0.2, 0.25) is 5.91 Å². The van der Waals surface area contributed by atoms with Crippen LogP contribution in [0.4, 0.5) is 5.69 Å². The molecule has 0 saturated carbocycles. The van der Waals surface area contributed by atoms with Crippen molar-refractivity contribution in [2.75, 3.05) is 24.5 Å². The van der Waals surface area contributed by atoms with E-state index < -0.39 is 10.0 Å². The van der Waals surface area contributed by atoms with E-state index in [9.17, 15) is 13.2 Å². The summed E-state index contributed by atoms with van der Waals surface area (Å²) >= 11 is 0. The van der Waals surface area contributed by atoms with Crippen LogP contribution in [0, 0.1) is 6.92 Å². The van der Waals surface area contributed by atoms with Crippen molar-refractivity contribution in [1.29, 1.82) is 0 Å². The maximum absolute atomic E-state index is 13.2. The van der Waals surface area contributed by atoms with Gasteiger partial charge in [0, 0.05) is 6.54 Å². The normalized spacial score (nSPS) is 11.1. The Labute approximate surface area is 161 Å². The number of unbranched alkanes of at least 4 members (excludes halogenated alkanes) is 1. The number of carbonyl (C=O) groups is 1. The minimum absolute atomic E-state index is 0.102. The molecule has 0 unspecified atom stereocenters. The fourth-order valence-corrected chi connectivity index (χ4v) is 3.91. The molecule has 0 atom stereocenters. The van der Waals surface area contributed by atoms with E-state index in [0.29, 0.717) is 18.0 Å². The zero-order valence-electron chi connectivity index (χ0n) is 15.9. The number of carbonyl (C=O) groups excluding carboxylic acids is 1. The Bertz CT molecular complexity index is 847. The maximum Gasteiger partial charge on any atom is 0.264 e. The quantitative estimate of drug-likeness (QED) is 0.668. The molecule has 0 radical (unpaired) electrons. The smallest absolute Gasteiger partial charge is 0.264 e. The number of nitrogens with zero attached hydrogens (tertiary/aromatic N) is 1. The van der Waals surface area contributed by atoms with Crippen LogP contribution in [0.1, 0.15) is 25.3 Å². The summed E-state index contributed by atoms with van der Waals surface area (Å²) < 4.78 is 32.6. The number of methoxy groups -OCH3 is 1. The van der Waals surface area contributed by atoms with Gasteiger partial charge >= 0.3 is 0 Å². The zero-order chi connectivity index (χ0) is 19.9. The molecule has 6 nitrogen and oxygen atoms in total. The van der Waals surface area contributed by atoms with Gasteiger partial charge < -0.3 is 10.1 Å². The van der Waals surface area contributed by atoms with Crippen LogP contribution < -0.4 is 14.4 Å². The zero-order valence-corrected chi connectivity index (χ0v) is 16.8. The highest BCUT2D eigenvalue weighted by atomic mass is 32.2. The Morgan fingerprint density at radius 2 is 1.70 bits per heavy atom. The fourth-order valence-electron chi connectivity index (χ4n) is 2.49. The molecule has 1 N–H and O–H groups in total. The Balaban J connectivity index is 2.34. The van der Waals surface area contributed by atoms with Gasteiger partial charge in [-0.2, -0.15) is 0 Å². The van der Waals surface area contributed by atoms with Crippen molar-refractivity contribution in [3.63, 3.8) is 0 Å². The number of anilines is 1. The van der Waals surface area contributed by atoms with Gasteiger partial charge in [-0.05, 0) is 49.7 Å². The van der Waals surface area contributed by atoms with E-state index in [1.54, 1.807) is 24.3 Å². The third-order valence-electron chi connectivity index (χ3n) is 4.11. The van der Waals surface area contributed by atoms with Gasteiger partial charge in [-0.3, -0.25) is 9.10 Å². The topological polar surface area (TPSA) is 75.7 Å². The van der Waals surface area contributed by atoms with E-state index in [1.807, 2.05) is 26.0 Å². The first kappa shape index (κ1) is 20.8. The average molecular weight is 391 g/mol. The van der Waals surface area contributed by atoms with Crippen molar-refractivity contribution in [3.8, 4) is 5.75 Å². The Morgan fingerprint density at radius 1 is 1.07 bits per heavy atom. The molecule has 0 aliphatic heterocycles. The molecule has 27 heavy (non-hydrogen) atoms. The minimum atomic E-state index is -3.90. The van der Waals surface area contributed by atoms with E-state index >= 15 is 0 Å². The van der Waals surface area contributed by atoms with Crippen LogP contribution in [0.25, 0.3) is 0 Å². The predicted octanol–water partition coefficient (Wildman–Crippen LogP) is 3.12. The summed E-state index contributed by atoms with van der Waals surface area (Å²) in [6, 6.07) is 13.2. The van der Waals surface area contributed by atoms with Crippen LogP contribution in [0.2, 0.25) is 0 Å². The van der Waals surface area contributed by atoms with E-state index in [-0.39, 0.29) is 17.3 Å². The Kier molecular flexibility index (Phi) is 7.24. The van der Waals surface area contributed by atoms with Crippen LogP contribution >= 0.6 is 0 Å². The highest BCUT2D eigenvalue weighted by Gasteiger charge is 2.27. The number of sulfonamides is 1. The monoisotopic (exact) mass is 390 g/mol.